The standard InChI is InChI=1S/C20H23FN2O4S/c1-13(15-5-7-17(21)8-6-15)23-19(25)14(2)27-18(24)4-3-10-22-20(26)16-9-11-28-12-16/h5-9,11-14H,3-4,10H2,1-2H3,(H,22,26)(H,23,25). The number of hydrogen-bond acceptors (Lipinski definition) is 5. The van der Waals surface area contributed by atoms with Crippen molar-refractivity contribution in [2.45, 2.75) is 38.8 Å². The quantitative estimate of drug-likeness (QED) is 0.495. The summed E-state index contributed by atoms with van der Waals surface area (Å²) in [4.78, 5) is 35.8. The largest absolute Gasteiger partial charge is 0.453 e. The summed E-state index contributed by atoms with van der Waals surface area (Å²) in [5.74, 6) is -1.48. The Morgan fingerprint density at radius 2 is 1.86 bits per heavy atom. The fraction of sp³-hybridized carbons (Fsp3) is 0.350. The maximum atomic E-state index is 13.0. The molecule has 0 radical (unpaired) electrons. The first-order chi connectivity index (χ1) is 13.4. The summed E-state index contributed by atoms with van der Waals surface area (Å²) in [6, 6.07) is 7.18. The number of rotatable bonds is 9. The lowest BCUT2D eigenvalue weighted by Crippen LogP contribution is -2.37. The maximum absolute atomic E-state index is 13.0. The molecule has 1 aromatic carbocycles. The highest BCUT2D eigenvalue weighted by molar-refractivity contribution is 7.08. The molecule has 28 heavy (non-hydrogen) atoms. The zero-order valence-electron chi connectivity index (χ0n) is 15.7. The van der Waals surface area contributed by atoms with Gasteiger partial charge in [0.05, 0.1) is 6.04 Å². The van der Waals surface area contributed by atoms with E-state index in [2.05, 4.69) is 10.6 Å². The molecule has 0 aliphatic carbocycles. The van der Waals surface area contributed by atoms with Crippen LogP contribution in [0.1, 0.15) is 48.7 Å². The maximum Gasteiger partial charge on any atom is 0.306 e. The Morgan fingerprint density at radius 1 is 1.14 bits per heavy atom. The molecule has 0 aliphatic rings. The number of hydrogen-bond donors (Lipinski definition) is 2. The molecule has 2 amide bonds. The van der Waals surface area contributed by atoms with Crippen molar-refractivity contribution in [1.82, 2.24) is 10.6 Å². The number of amides is 2. The molecule has 0 spiro atoms. The smallest absolute Gasteiger partial charge is 0.306 e. The van der Waals surface area contributed by atoms with E-state index in [4.69, 9.17) is 4.74 Å². The summed E-state index contributed by atoms with van der Waals surface area (Å²) < 4.78 is 18.1. The first-order valence-corrected chi connectivity index (χ1v) is 9.87. The van der Waals surface area contributed by atoms with Crippen LogP contribution in [0.3, 0.4) is 0 Å². The van der Waals surface area contributed by atoms with Crippen molar-refractivity contribution in [3.63, 3.8) is 0 Å². The van der Waals surface area contributed by atoms with Gasteiger partial charge in [-0.3, -0.25) is 14.4 Å². The first-order valence-electron chi connectivity index (χ1n) is 8.92. The lowest BCUT2D eigenvalue weighted by atomic mass is 10.1. The van der Waals surface area contributed by atoms with Crippen molar-refractivity contribution < 1.29 is 23.5 Å². The molecule has 2 rings (SSSR count). The Balaban J connectivity index is 1.67. The molecule has 2 unspecified atom stereocenters. The normalized spacial score (nSPS) is 12.7. The van der Waals surface area contributed by atoms with Crippen LogP contribution in [0, 0.1) is 5.82 Å². The van der Waals surface area contributed by atoms with Crippen molar-refractivity contribution in [1.29, 1.82) is 0 Å². The van der Waals surface area contributed by atoms with E-state index in [0.29, 0.717) is 18.5 Å². The minimum absolute atomic E-state index is 0.0923. The number of carbonyl (C=O) groups is 3. The first kappa shape index (κ1) is 21.6. The van der Waals surface area contributed by atoms with Crippen LogP contribution in [0.4, 0.5) is 4.39 Å². The minimum atomic E-state index is -0.948. The third kappa shape index (κ3) is 6.77. The Labute approximate surface area is 167 Å². The van der Waals surface area contributed by atoms with Crippen LogP contribution in [-0.4, -0.2) is 30.4 Å². The van der Waals surface area contributed by atoms with E-state index in [0.717, 1.165) is 5.56 Å². The summed E-state index contributed by atoms with van der Waals surface area (Å²) >= 11 is 1.44. The number of esters is 1. The van der Waals surface area contributed by atoms with Gasteiger partial charge in [0.1, 0.15) is 5.82 Å². The van der Waals surface area contributed by atoms with Crippen LogP contribution in [0.5, 0.6) is 0 Å². The molecule has 1 aromatic heterocycles. The fourth-order valence-electron chi connectivity index (χ4n) is 2.41. The van der Waals surface area contributed by atoms with Crippen molar-refractivity contribution in [3.05, 3.63) is 58.0 Å². The zero-order chi connectivity index (χ0) is 20.5. The van der Waals surface area contributed by atoms with E-state index in [9.17, 15) is 18.8 Å². The van der Waals surface area contributed by atoms with Crippen molar-refractivity contribution in [2.24, 2.45) is 0 Å². The number of halogens is 1. The average molecular weight is 406 g/mol. The molecule has 0 aliphatic heterocycles. The van der Waals surface area contributed by atoms with Gasteiger partial charge < -0.3 is 15.4 Å². The number of benzene rings is 1. The van der Waals surface area contributed by atoms with Crippen LogP contribution < -0.4 is 10.6 Å². The van der Waals surface area contributed by atoms with E-state index in [1.165, 1.54) is 30.4 Å². The molecule has 2 atom stereocenters. The van der Waals surface area contributed by atoms with Crippen LogP contribution in [-0.2, 0) is 14.3 Å². The Morgan fingerprint density at radius 3 is 2.50 bits per heavy atom. The highest BCUT2D eigenvalue weighted by Crippen LogP contribution is 2.13. The Kier molecular flexibility index (Phi) is 8.13. The molecule has 0 saturated carbocycles. The molecule has 6 nitrogen and oxygen atoms in total. The molecule has 2 aromatic rings. The van der Waals surface area contributed by atoms with Crippen LogP contribution >= 0.6 is 11.3 Å². The van der Waals surface area contributed by atoms with Gasteiger partial charge >= 0.3 is 5.97 Å². The van der Waals surface area contributed by atoms with Gasteiger partial charge in [-0.2, -0.15) is 11.3 Å². The second-order valence-electron chi connectivity index (χ2n) is 6.29. The molecule has 150 valence electrons. The summed E-state index contributed by atoms with van der Waals surface area (Å²) in [5, 5.41) is 9.00. The number of thiophene rings is 1. The Hall–Kier alpha value is -2.74. The monoisotopic (exact) mass is 406 g/mol. The molecule has 0 bridgehead atoms. The van der Waals surface area contributed by atoms with Gasteiger partial charge in [0.2, 0.25) is 0 Å². The molecule has 2 N–H and O–H groups in total. The second-order valence-corrected chi connectivity index (χ2v) is 7.07. The number of nitrogens with one attached hydrogen (secondary N) is 2. The van der Waals surface area contributed by atoms with Crippen LogP contribution in [0.15, 0.2) is 41.1 Å². The predicted octanol–water partition coefficient (Wildman–Crippen LogP) is 3.21. The number of ether oxygens (including phenoxy) is 1. The summed E-state index contributed by atoms with van der Waals surface area (Å²) in [5.41, 5.74) is 1.34. The van der Waals surface area contributed by atoms with E-state index < -0.39 is 18.0 Å². The van der Waals surface area contributed by atoms with Crippen molar-refractivity contribution >= 4 is 29.1 Å². The highest BCUT2D eigenvalue weighted by atomic mass is 32.1. The lowest BCUT2D eigenvalue weighted by molar-refractivity contribution is -0.155. The molecule has 0 fully saturated rings. The SMILES string of the molecule is CC(OC(=O)CCCNC(=O)c1ccsc1)C(=O)NC(C)c1ccc(F)cc1. The minimum Gasteiger partial charge on any atom is -0.453 e. The van der Waals surface area contributed by atoms with E-state index >= 15 is 0 Å². The van der Waals surface area contributed by atoms with Gasteiger partial charge in [-0.15, -0.1) is 0 Å². The van der Waals surface area contributed by atoms with Gasteiger partial charge in [0.25, 0.3) is 11.8 Å². The van der Waals surface area contributed by atoms with Gasteiger partial charge in [-0.05, 0) is 49.4 Å². The molecular formula is C20H23FN2O4S. The van der Waals surface area contributed by atoms with Crippen LogP contribution in [0.25, 0.3) is 0 Å². The van der Waals surface area contributed by atoms with Crippen LogP contribution in [0.2, 0.25) is 0 Å². The molecule has 1 heterocycles. The van der Waals surface area contributed by atoms with E-state index in [-0.39, 0.29) is 24.2 Å². The Bertz CT molecular complexity index is 793. The number of carbonyl (C=O) groups excluding carboxylic acids is 3. The summed E-state index contributed by atoms with van der Waals surface area (Å²) in [6.45, 7) is 3.59. The molecule has 0 saturated heterocycles. The average Bonchev–Trinajstić information content (AvgIpc) is 3.20. The highest BCUT2D eigenvalue weighted by Gasteiger charge is 2.20. The van der Waals surface area contributed by atoms with Gasteiger partial charge in [-0.25, -0.2) is 4.39 Å². The third-order valence-electron chi connectivity index (χ3n) is 4.03. The van der Waals surface area contributed by atoms with Crippen molar-refractivity contribution in [3.8, 4) is 0 Å². The van der Waals surface area contributed by atoms with Gasteiger partial charge in [-0.1, -0.05) is 12.1 Å². The predicted molar refractivity (Wildman–Crippen MR) is 104 cm³/mol. The topological polar surface area (TPSA) is 84.5 Å². The van der Waals surface area contributed by atoms with Gasteiger partial charge in [0, 0.05) is 23.9 Å². The lowest BCUT2D eigenvalue weighted by Gasteiger charge is -2.18. The van der Waals surface area contributed by atoms with E-state index in [1.54, 1.807) is 30.5 Å². The zero-order valence-corrected chi connectivity index (χ0v) is 16.6. The molecule has 8 heteroatoms. The fourth-order valence-corrected chi connectivity index (χ4v) is 3.04. The molecular weight excluding hydrogens is 383 g/mol. The van der Waals surface area contributed by atoms with E-state index in [1.807, 2.05) is 5.38 Å². The second kappa shape index (κ2) is 10.6. The third-order valence-corrected chi connectivity index (χ3v) is 4.72. The van der Waals surface area contributed by atoms with Gasteiger partial charge in [0.15, 0.2) is 6.10 Å². The summed E-state index contributed by atoms with van der Waals surface area (Å²) in [6.07, 6.45) is -0.444. The summed E-state index contributed by atoms with van der Waals surface area (Å²) in [7, 11) is 0. The van der Waals surface area contributed by atoms with Crippen molar-refractivity contribution in [2.75, 3.05) is 6.54 Å².